The van der Waals surface area contributed by atoms with Crippen LogP contribution in [0.3, 0.4) is 0 Å². The van der Waals surface area contributed by atoms with Gasteiger partial charge in [0.05, 0.1) is 13.2 Å². The maximum Gasteiger partial charge on any atom is 0.435 e. The van der Waals surface area contributed by atoms with Gasteiger partial charge in [0.15, 0.2) is 5.69 Å². The molecule has 0 saturated heterocycles. The molecule has 1 aliphatic rings. The Bertz CT molecular complexity index is 358. The molecule has 2 rings (SSSR count). The fourth-order valence-corrected chi connectivity index (χ4v) is 1.64. The van der Waals surface area contributed by atoms with Gasteiger partial charge in [0.2, 0.25) is 0 Å². The Labute approximate surface area is 92.2 Å². The molecule has 1 aromatic heterocycles. The van der Waals surface area contributed by atoms with Gasteiger partial charge < -0.3 is 4.74 Å². The predicted octanol–water partition coefficient (Wildman–Crippen LogP) is 2.54. The van der Waals surface area contributed by atoms with E-state index in [1.807, 2.05) is 13.8 Å². The van der Waals surface area contributed by atoms with Crippen molar-refractivity contribution in [2.24, 2.45) is 7.05 Å². The third kappa shape index (κ3) is 2.37. The first-order valence-corrected chi connectivity index (χ1v) is 5.20. The molecule has 0 atom stereocenters. The fraction of sp³-hybridized carbons (Fsp3) is 0.700. The van der Waals surface area contributed by atoms with Gasteiger partial charge in [0, 0.05) is 24.7 Å². The highest BCUT2D eigenvalue weighted by molar-refractivity contribution is 5.29. The second-order valence-electron chi connectivity index (χ2n) is 3.20. The molecule has 0 bridgehead atoms. The molecule has 0 spiro atoms. The van der Waals surface area contributed by atoms with Crippen LogP contribution in [0.1, 0.15) is 30.8 Å². The molecule has 16 heavy (non-hydrogen) atoms. The van der Waals surface area contributed by atoms with E-state index in [0.717, 1.165) is 0 Å². The number of hydrogen-bond donors (Lipinski definition) is 0. The maximum atomic E-state index is 12.5. The molecule has 0 aromatic carbocycles. The topological polar surface area (TPSA) is 27.1 Å². The molecular weight excluding hydrogens is 221 g/mol. The number of aryl methyl sites for hydroxylation is 1. The molecule has 0 fully saturated rings. The van der Waals surface area contributed by atoms with Crippen molar-refractivity contribution in [3.8, 4) is 0 Å². The Hall–Kier alpha value is -1.04. The van der Waals surface area contributed by atoms with Crippen LogP contribution >= 0.6 is 0 Å². The summed E-state index contributed by atoms with van der Waals surface area (Å²) in [5.74, 6) is 0. The number of nitrogens with zero attached hydrogens (tertiary/aromatic N) is 2. The quantitative estimate of drug-likeness (QED) is 0.692. The molecule has 92 valence electrons. The lowest BCUT2D eigenvalue weighted by Gasteiger charge is -2.14. The first kappa shape index (κ1) is 13.0. The van der Waals surface area contributed by atoms with Gasteiger partial charge in [-0.25, -0.2) is 0 Å². The lowest BCUT2D eigenvalue weighted by molar-refractivity contribution is -0.142. The van der Waals surface area contributed by atoms with Gasteiger partial charge in [-0.05, 0) is 0 Å². The van der Waals surface area contributed by atoms with Crippen molar-refractivity contribution < 1.29 is 17.9 Å². The molecule has 0 radical (unpaired) electrons. The summed E-state index contributed by atoms with van der Waals surface area (Å²) in [4.78, 5) is 0. The van der Waals surface area contributed by atoms with E-state index in [9.17, 15) is 13.2 Å². The van der Waals surface area contributed by atoms with E-state index in [-0.39, 0.29) is 12.2 Å². The van der Waals surface area contributed by atoms with Crippen molar-refractivity contribution in [2.75, 3.05) is 6.61 Å². The van der Waals surface area contributed by atoms with Crippen LogP contribution in [0.15, 0.2) is 0 Å². The number of hydrogen-bond acceptors (Lipinski definition) is 2. The summed E-state index contributed by atoms with van der Waals surface area (Å²) in [6, 6.07) is 0. The van der Waals surface area contributed by atoms with E-state index in [1.54, 1.807) is 0 Å². The van der Waals surface area contributed by atoms with Crippen LogP contribution in [0.4, 0.5) is 13.2 Å². The summed E-state index contributed by atoms with van der Waals surface area (Å²) in [6.45, 7) is 4.47. The predicted molar refractivity (Wildman–Crippen MR) is 52.9 cm³/mol. The highest BCUT2D eigenvalue weighted by Gasteiger charge is 2.39. The van der Waals surface area contributed by atoms with Crippen molar-refractivity contribution in [2.45, 2.75) is 33.1 Å². The third-order valence-electron chi connectivity index (χ3n) is 2.27. The summed E-state index contributed by atoms with van der Waals surface area (Å²) in [6.07, 6.45) is -3.89. The van der Waals surface area contributed by atoms with E-state index < -0.39 is 11.9 Å². The molecule has 2 heterocycles. The summed E-state index contributed by atoms with van der Waals surface area (Å²) < 4.78 is 43.7. The van der Waals surface area contributed by atoms with Crippen LogP contribution in [-0.2, 0) is 31.0 Å². The maximum absolute atomic E-state index is 12.5. The van der Waals surface area contributed by atoms with Gasteiger partial charge in [-0.1, -0.05) is 13.8 Å². The van der Waals surface area contributed by atoms with E-state index in [1.165, 1.54) is 11.7 Å². The van der Waals surface area contributed by atoms with Gasteiger partial charge in [-0.15, -0.1) is 0 Å². The van der Waals surface area contributed by atoms with Crippen LogP contribution in [0.25, 0.3) is 0 Å². The first-order chi connectivity index (χ1) is 7.50. The molecule has 0 amide bonds. The average molecular weight is 236 g/mol. The highest BCUT2D eigenvalue weighted by atomic mass is 19.4. The largest absolute Gasteiger partial charge is 0.435 e. The second-order valence-corrected chi connectivity index (χ2v) is 3.20. The number of fused-ring (bicyclic) bond motifs is 1. The van der Waals surface area contributed by atoms with Gasteiger partial charge in [-0.3, -0.25) is 4.68 Å². The van der Waals surface area contributed by atoms with Crippen LogP contribution < -0.4 is 0 Å². The molecule has 1 aromatic rings. The van der Waals surface area contributed by atoms with Gasteiger partial charge in [0.1, 0.15) is 0 Å². The van der Waals surface area contributed by atoms with Gasteiger partial charge in [0.25, 0.3) is 0 Å². The highest BCUT2D eigenvalue weighted by Crippen LogP contribution is 2.34. The Balaban J connectivity index is 0.000000606. The van der Waals surface area contributed by atoms with Crippen LogP contribution in [0, 0.1) is 0 Å². The lowest BCUT2D eigenvalue weighted by Crippen LogP contribution is -2.14. The monoisotopic (exact) mass is 236 g/mol. The molecule has 6 heteroatoms. The van der Waals surface area contributed by atoms with Crippen LogP contribution in [-0.4, -0.2) is 16.4 Å². The molecular formula is C10H15F3N2O. The Morgan fingerprint density at radius 2 is 1.94 bits per heavy atom. The SMILES string of the molecule is CC.Cn1nc(C(F)(F)F)c2c1CCOC2. The smallest absolute Gasteiger partial charge is 0.376 e. The van der Waals surface area contributed by atoms with E-state index >= 15 is 0 Å². The van der Waals surface area contributed by atoms with Crippen molar-refractivity contribution in [3.63, 3.8) is 0 Å². The minimum atomic E-state index is -4.38. The average Bonchev–Trinajstić information content (AvgIpc) is 2.60. The van der Waals surface area contributed by atoms with Crippen molar-refractivity contribution in [1.29, 1.82) is 0 Å². The lowest BCUT2D eigenvalue weighted by atomic mass is 10.1. The first-order valence-electron chi connectivity index (χ1n) is 5.20. The molecule has 1 aliphatic heterocycles. The minimum Gasteiger partial charge on any atom is -0.376 e. The number of aromatic nitrogens is 2. The minimum absolute atomic E-state index is 0.0119. The van der Waals surface area contributed by atoms with E-state index in [0.29, 0.717) is 18.7 Å². The van der Waals surface area contributed by atoms with Crippen LogP contribution in [0.2, 0.25) is 0 Å². The van der Waals surface area contributed by atoms with Gasteiger partial charge >= 0.3 is 6.18 Å². The fourth-order valence-electron chi connectivity index (χ4n) is 1.64. The Morgan fingerprint density at radius 3 is 2.50 bits per heavy atom. The van der Waals surface area contributed by atoms with E-state index in [4.69, 9.17) is 4.74 Å². The number of alkyl halides is 3. The van der Waals surface area contributed by atoms with Crippen molar-refractivity contribution in [1.82, 2.24) is 9.78 Å². The summed E-state index contributed by atoms with van der Waals surface area (Å²) in [5, 5.41) is 3.48. The zero-order valence-corrected chi connectivity index (χ0v) is 9.56. The standard InChI is InChI=1S/C8H9F3N2O.C2H6/c1-13-6-2-3-14-4-5(6)7(12-13)8(9,10)11;1-2/h2-4H2,1H3;1-2H3. The van der Waals surface area contributed by atoms with Crippen molar-refractivity contribution >= 4 is 0 Å². The molecule has 0 unspecified atom stereocenters. The molecule has 0 N–H and O–H groups in total. The number of ether oxygens (including phenoxy) is 1. The number of halogens is 3. The Morgan fingerprint density at radius 1 is 1.31 bits per heavy atom. The zero-order chi connectivity index (χ0) is 12.3. The molecule has 3 nitrogen and oxygen atoms in total. The molecule has 0 aliphatic carbocycles. The van der Waals surface area contributed by atoms with Crippen molar-refractivity contribution in [3.05, 3.63) is 17.0 Å². The van der Waals surface area contributed by atoms with E-state index in [2.05, 4.69) is 5.10 Å². The summed E-state index contributed by atoms with van der Waals surface area (Å²) >= 11 is 0. The normalized spacial score (nSPS) is 15.1. The Kier molecular flexibility index (Phi) is 3.96. The molecule has 0 saturated carbocycles. The second kappa shape index (κ2) is 4.86. The van der Waals surface area contributed by atoms with Crippen LogP contribution in [0.5, 0.6) is 0 Å². The summed E-state index contributed by atoms with van der Waals surface area (Å²) in [5.41, 5.74) is 0.00419. The zero-order valence-electron chi connectivity index (χ0n) is 9.56. The van der Waals surface area contributed by atoms with Gasteiger partial charge in [-0.2, -0.15) is 18.3 Å². The third-order valence-corrected chi connectivity index (χ3v) is 2.27. The number of rotatable bonds is 0. The summed E-state index contributed by atoms with van der Waals surface area (Å²) in [7, 11) is 1.53.